The van der Waals surface area contributed by atoms with Crippen molar-refractivity contribution < 1.29 is 21.5 Å². The quantitative estimate of drug-likeness (QED) is 0.0490. The summed E-state index contributed by atoms with van der Waals surface area (Å²) in [5.41, 5.74) is 0. The average molecular weight is 631 g/mol. The molecule has 0 aliphatic carbocycles. The van der Waals surface area contributed by atoms with E-state index in [0.29, 0.717) is 0 Å². The lowest BCUT2D eigenvalue weighted by Crippen LogP contribution is -3.00. The van der Waals surface area contributed by atoms with Gasteiger partial charge in [0.05, 0.1) is 26.2 Å². The second-order valence-electron chi connectivity index (χ2n) is 13.4. The molecule has 0 amide bonds. The summed E-state index contributed by atoms with van der Waals surface area (Å²) in [7, 11) is 0. The topological polar surface area (TPSA) is 0 Å². The van der Waals surface area contributed by atoms with Crippen LogP contribution in [0.25, 0.3) is 0 Å². The summed E-state index contributed by atoms with van der Waals surface area (Å²) in [6.45, 7) is 15.3. The number of quaternary nitrogens is 1. The van der Waals surface area contributed by atoms with Crippen LogP contribution in [-0.4, -0.2) is 30.7 Å². The zero-order valence-corrected chi connectivity index (χ0v) is 30.5. The van der Waals surface area contributed by atoms with Gasteiger partial charge in [0, 0.05) is 0 Å². The first kappa shape index (κ1) is 42.6. The molecule has 0 aromatic rings. The third-order valence-corrected chi connectivity index (χ3v) is 9.44. The summed E-state index contributed by atoms with van der Waals surface area (Å²) in [5, 5.41) is 0. The molecule has 0 fully saturated rings. The molecule has 0 N–H and O–H groups in total. The number of halogens is 1. The molecule has 0 saturated heterocycles. The second kappa shape index (κ2) is 35.6. The van der Waals surface area contributed by atoms with Gasteiger partial charge in [0.2, 0.25) is 0 Å². The molecule has 0 radical (unpaired) electrons. The molecule has 1 nitrogen and oxygen atoms in total. The molecule has 0 atom stereocenters. The van der Waals surface area contributed by atoms with Crippen LogP contribution < -0.4 is 17.0 Å². The van der Waals surface area contributed by atoms with Crippen LogP contribution in [0.4, 0.5) is 0 Å². The van der Waals surface area contributed by atoms with Crippen LogP contribution in [0.15, 0.2) is 0 Å². The number of hydrogen-bond donors (Lipinski definition) is 0. The fraction of sp³-hybridized carbons (Fsp3) is 1.00. The zero-order chi connectivity index (χ0) is 28.5. The van der Waals surface area contributed by atoms with Crippen LogP contribution in [0.1, 0.15) is 220 Å². The largest absolute Gasteiger partial charge is 1.00 e. The number of rotatable bonds is 34. The van der Waals surface area contributed by atoms with Gasteiger partial charge in [-0.1, -0.05) is 169 Å². The van der Waals surface area contributed by atoms with Gasteiger partial charge in [-0.05, 0) is 51.4 Å². The number of nitrogens with zero attached hydrogens (tertiary/aromatic N) is 1. The van der Waals surface area contributed by atoms with Gasteiger partial charge in [0.25, 0.3) is 0 Å². The average Bonchev–Trinajstić information content (AvgIpc) is 2.95. The second-order valence-corrected chi connectivity index (χ2v) is 13.4. The van der Waals surface area contributed by atoms with Crippen molar-refractivity contribution in [2.45, 2.75) is 220 Å². The van der Waals surface area contributed by atoms with Gasteiger partial charge >= 0.3 is 0 Å². The lowest BCUT2D eigenvalue weighted by atomic mass is 10.0. The SMILES string of the molecule is CCCCCCCCCCCCCCCCCCCC[N+](CCCCCC)(CCCCCC)CCCCCC.[Br-]. The highest BCUT2D eigenvalue weighted by Gasteiger charge is 2.25. The van der Waals surface area contributed by atoms with E-state index in [-0.39, 0.29) is 17.0 Å². The van der Waals surface area contributed by atoms with Gasteiger partial charge in [-0.15, -0.1) is 0 Å². The lowest BCUT2D eigenvalue weighted by molar-refractivity contribution is -0.929. The monoisotopic (exact) mass is 630 g/mol. The molecule has 0 saturated carbocycles. The summed E-state index contributed by atoms with van der Waals surface area (Å²) < 4.78 is 1.47. The minimum Gasteiger partial charge on any atom is -1.00 e. The van der Waals surface area contributed by atoms with Crippen LogP contribution in [0.3, 0.4) is 0 Å². The molecule has 0 bridgehead atoms. The molecule has 0 aliphatic rings. The van der Waals surface area contributed by atoms with E-state index >= 15 is 0 Å². The number of hydrogen-bond acceptors (Lipinski definition) is 0. The smallest absolute Gasteiger partial charge is 0.0786 e. The fourth-order valence-electron chi connectivity index (χ4n) is 6.64. The molecule has 0 rings (SSSR count). The minimum absolute atomic E-state index is 0. The molecule has 0 aromatic heterocycles. The molecule has 2 heteroatoms. The van der Waals surface area contributed by atoms with E-state index in [9.17, 15) is 0 Å². The van der Waals surface area contributed by atoms with Crippen LogP contribution in [0.5, 0.6) is 0 Å². The summed E-state index contributed by atoms with van der Waals surface area (Å²) in [5.74, 6) is 0. The van der Waals surface area contributed by atoms with Crippen molar-refractivity contribution >= 4 is 0 Å². The summed E-state index contributed by atoms with van der Waals surface area (Å²) in [4.78, 5) is 0. The molecular formula is C38H80BrN. The third kappa shape index (κ3) is 29.9. The van der Waals surface area contributed by atoms with E-state index in [2.05, 4.69) is 27.7 Å². The fourth-order valence-corrected chi connectivity index (χ4v) is 6.64. The van der Waals surface area contributed by atoms with Crippen molar-refractivity contribution in [2.75, 3.05) is 26.2 Å². The lowest BCUT2D eigenvalue weighted by Gasteiger charge is -2.39. The molecule has 0 aliphatic heterocycles. The standard InChI is InChI=1S/C38H80N.BrH/c1-5-9-13-17-18-19-20-21-22-23-24-25-26-27-28-29-30-34-38-39(35-31-14-10-6-2,36-32-15-11-7-3)37-33-16-12-8-4;/h5-38H2,1-4H3;1H/q+1;/p-1. The van der Waals surface area contributed by atoms with E-state index in [0.717, 1.165) is 0 Å². The first-order valence-electron chi connectivity index (χ1n) is 19.1. The van der Waals surface area contributed by atoms with Crippen LogP contribution in [0, 0.1) is 0 Å². The molecule has 40 heavy (non-hydrogen) atoms. The predicted octanol–water partition coefficient (Wildman–Crippen LogP) is 10.6. The van der Waals surface area contributed by atoms with Gasteiger partial charge in [0.1, 0.15) is 0 Å². The summed E-state index contributed by atoms with van der Waals surface area (Å²) >= 11 is 0. The van der Waals surface area contributed by atoms with Crippen molar-refractivity contribution in [3.8, 4) is 0 Å². The maximum atomic E-state index is 2.36. The first-order chi connectivity index (χ1) is 19.2. The van der Waals surface area contributed by atoms with E-state index < -0.39 is 0 Å². The van der Waals surface area contributed by atoms with Crippen molar-refractivity contribution in [3.05, 3.63) is 0 Å². The van der Waals surface area contributed by atoms with E-state index in [1.165, 1.54) is 223 Å². The normalized spacial score (nSPS) is 11.7. The molecule has 0 heterocycles. The Kier molecular flexibility index (Phi) is 37.9. The van der Waals surface area contributed by atoms with Crippen molar-refractivity contribution in [1.82, 2.24) is 0 Å². The molecule has 244 valence electrons. The Labute approximate surface area is 267 Å². The molecule has 0 unspecified atom stereocenters. The van der Waals surface area contributed by atoms with E-state index in [4.69, 9.17) is 0 Å². The molecule has 0 spiro atoms. The van der Waals surface area contributed by atoms with Gasteiger partial charge in [-0.3, -0.25) is 0 Å². The maximum absolute atomic E-state index is 2.36. The van der Waals surface area contributed by atoms with Crippen molar-refractivity contribution in [2.24, 2.45) is 0 Å². The Balaban J connectivity index is 0. The van der Waals surface area contributed by atoms with Crippen molar-refractivity contribution in [3.63, 3.8) is 0 Å². The highest BCUT2D eigenvalue weighted by Crippen LogP contribution is 2.20. The third-order valence-electron chi connectivity index (χ3n) is 9.44. The minimum atomic E-state index is 0. The Morgan fingerprint density at radius 1 is 0.225 bits per heavy atom. The van der Waals surface area contributed by atoms with Gasteiger partial charge in [0.15, 0.2) is 0 Å². The van der Waals surface area contributed by atoms with Crippen molar-refractivity contribution in [1.29, 1.82) is 0 Å². The maximum Gasteiger partial charge on any atom is 0.0786 e. The summed E-state index contributed by atoms with van der Waals surface area (Å²) in [6, 6.07) is 0. The Hall–Kier alpha value is 0.440. The summed E-state index contributed by atoms with van der Waals surface area (Å²) in [6.07, 6.45) is 43.8. The van der Waals surface area contributed by atoms with Gasteiger partial charge < -0.3 is 21.5 Å². The zero-order valence-electron chi connectivity index (χ0n) is 28.9. The van der Waals surface area contributed by atoms with E-state index in [1.54, 1.807) is 0 Å². The van der Waals surface area contributed by atoms with Crippen LogP contribution >= 0.6 is 0 Å². The molecule has 0 aromatic carbocycles. The highest BCUT2D eigenvalue weighted by atomic mass is 79.9. The Morgan fingerprint density at radius 2 is 0.375 bits per heavy atom. The van der Waals surface area contributed by atoms with Crippen LogP contribution in [0.2, 0.25) is 0 Å². The van der Waals surface area contributed by atoms with Gasteiger partial charge in [-0.2, -0.15) is 0 Å². The number of unbranched alkanes of at least 4 members (excludes halogenated alkanes) is 26. The van der Waals surface area contributed by atoms with Gasteiger partial charge in [-0.25, -0.2) is 0 Å². The van der Waals surface area contributed by atoms with E-state index in [1.807, 2.05) is 0 Å². The Morgan fingerprint density at radius 3 is 0.575 bits per heavy atom. The Bertz CT molecular complexity index is 406. The predicted molar refractivity (Wildman–Crippen MR) is 181 cm³/mol. The highest BCUT2D eigenvalue weighted by molar-refractivity contribution is 4.55. The molecular weight excluding hydrogens is 550 g/mol. The first-order valence-corrected chi connectivity index (χ1v) is 19.1. The van der Waals surface area contributed by atoms with Crippen LogP contribution in [-0.2, 0) is 0 Å².